The normalized spacial score (nSPS) is 10.8. The maximum Gasteiger partial charge on any atom is 0.233 e. The van der Waals surface area contributed by atoms with Crippen LogP contribution in [-0.4, -0.2) is 9.97 Å². The highest BCUT2D eigenvalue weighted by Crippen LogP contribution is 2.21. The number of hydrogen-bond acceptors (Lipinski definition) is 4. The van der Waals surface area contributed by atoms with E-state index in [4.69, 9.17) is 9.15 Å². The summed E-state index contributed by atoms with van der Waals surface area (Å²) in [6.45, 7) is 0.303. The van der Waals surface area contributed by atoms with Gasteiger partial charge >= 0.3 is 0 Å². The molecule has 0 atom stereocenters. The average molecular weight is 302 g/mol. The molecule has 0 amide bonds. The van der Waals surface area contributed by atoms with Crippen molar-refractivity contribution in [3.63, 3.8) is 0 Å². The van der Waals surface area contributed by atoms with Crippen LogP contribution in [0.25, 0.3) is 22.4 Å². The van der Waals surface area contributed by atoms with Crippen LogP contribution >= 0.6 is 0 Å². The van der Waals surface area contributed by atoms with Crippen LogP contribution in [0, 0.1) is 0 Å². The standard InChI is InChI=1S/C19H14N2O2/c1-2-7-18-17(6-1)21-19(23-18)13-22-15-10-8-14(9-11-15)16-5-3-4-12-20-16/h1-12H,13H2. The first-order chi connectivity index (χ1) is 11.4. The summed E-state index contributed by atoms with van der Waals surface area (Å²) >= 11 is 0. The van der Waals surface area contributed by atoms with E-state index in [-0.39, 0.29) is 0 Å². The van der Waals surface area contributed by atoms with Gasteiger partial charge in [0.2, 0.25) is 5.89 Å². The molecule has 0 saturated heterocycles. The van der Waals surface area contributed by atoms with Crippen molar-refractivity contribution in [2.24, 2.45) is 0 Å². The van der Waals surface area contributed by atoms with Crippen molar-refractivity contribution in [1.29, 1.82) is 0 Å². The van der Waals surface area contributed by atoms with Gasteiger partial charge in [-0.3, -0.25) is 4.98 Å². The molecule has 0 fully saturated rings. The molecule has 0 aliphatic rings. The maximum absolute atomic E-state index is 5.74. The highest BCUT2D eigenvalue weighted by Gasteiger charge is 2.06. The molecular weight excluding hydrogens is 288 g/mol. The number of oxazole rings is 1. The Kier molecular flexibility index (Phi) is 3.48. The number of nitrogens with zero attached hydrogens (tertiary/aromatic N) is 2. The Hall–Kier alpha value is -3.14. The van der Waals surface area contributed by atoms with Crippen LogP contribution in [0.1, 0.15) is 5.89 Å². The molecule has 2 heterocycles. The number of benzene rings is 2. The molecule has 4 heteroatoms. The van der Waals surface area contributed by atoms with Crippen LogP contribution in [0.15, 0.2) is 77.3 Å². The van der Waals surface area contributed by atoms with Gasteiger partial charge in [-0.1, -0.05) is 18.2 Å². The van der Waals surface area contributed by atoms with E-state index in [0.717, 1.165) is 28.1 Å². The number of pyridine rings is 1. The molecule has 4 nitrogen and oxygen atoms in total. The predicted octanol–water partition coefficient (Wildman–Crippen LogP) is 4.47. The summed E-state index contributed by atoms with van der Waals surface area (Å²) in [4.78, 5) is 8.72. The summed E-state index contributed by atoms with van der Waals surface area (Å²) in [6.07, 6.45) is 1.78. The number of fused-ring (bicyclic) bond motifs is 1. The van der Waals surface area contributed by atoms with Crippen molar-refractivity contribution in [2.75, 3.05) is 0 Å². The summed E-state index contributed by atoms with van der Waals surface area (Å²) in [7, 11) is 0. The fraction of sp³-hybridized carbons (Fsp3) is 0.0526. The van der Waals surface area contributed by atoms with E-state index < -0.39 is 0 Å². The van der Waals surface area contributed by atoms with E-state index in [0.29, 0.717) is 12.5 Å². The number of rotatable bonds is 4. The van der Waals surface area contributed by atoms with Crippen LogP contribution in [0.3, 0.4) is 0 Å². The molecule has 23 heavy (non-hydrogen) atoms. The van der Waals surface area contributed by atoms with E-state index in [1.807, 2.05) is 66.7 Å². The maximum atomic E-state index is 5.74. The number of ether oxygens (including phenoxy) is 1. The van der Waals surface area contributed by atoms with Crippen LogP contribution in [-0.2, 0) is 6.61 Å². The summed E-state index contributed by atoms with van der Waals surface area (Å²) in [5.41, 5.74) is 3.62. The number of aromatic nitrogens is 2. The van der Waals surface area contributed by atoms with E-state index in [2.05, 4.69) is 9.97 Å². The summed E-state index contributed by atoms with van der Waals surface area (Å²) in [6, 6.07) is 21.4. The average Bonchev–Trinajstić information content (AvgIpc) is 3.04. The molecule has 112 valence electrons. The molecule has 0 N–H and O–H groups in total. The lowest BCUT2D eigenvalue weighted by molar-refractivity contribution is 0.267. The van der Waals surface area contributed by atoms with Gasteiger partial charge in [0.15, 0.2) is 12.2 Å². The largest absolute Gasteiger partial charge is 0.484 e. The summed E-state index contributed by atoms with van der Waals surface area (Å²) < 4.78 is 11.4. The third-order valence-corrected chi connectivity index (χ3v) is 3.52. The van der Waals surface area contributed by atoms with Crippen LogP contribution in [0.5, 0.6) is 5.75 Å². The van der Waals surface area contributed by atoms with Crippen molar-refractivity contribution in [1.82, 2.24) is 9.97 Å². The van der Waals surface area contributed by atoms with Gasteiger partial charge in [0.25, 0.3) is 0 Å². The minimum atomic E-state index is 0.303. The molecule has 0 bridgehead atoms. The Morgan fingerprint density at radius 3 is 2.48 bits per heavy atom. The molecular formula is C19H14N2O2. The second kappa shape index (κ2) is 5.93. The smallest absolute Gasteiger partial charge is 0.233 e. The fourth-order valence-corrected chi connectivity index (χ4v) is 2.38. The topological polar surface area (TPSA) is 48.2 Å². The Morgan fingerprint density at radius 1 is 0.870 bits per heavy atom. The second-order valence-electron chi connectivity index (χ2n) is 5.10. The third kappa shape index (κ3) is 2.92. The molecule has 0 aliphatic carbocycles. The monoisotopic (exact) mass is 302 g/mol. The SMILES string of the molecule is c1ccc(-c2ccc(OCc3nc4ccccc4o3)cc2)nc1. The quantitative estimate of drug-likeness (QED) is 0.558. The van der Waals surface area contributed by atoms with Gasteiger partial charge in [0.05, 0.1) is 5.69 Å². The van der Waals surface area contributed by atoms with Crippen LogP contribution in [0.4, 0.5) is 0 Å². The van der Waals surface area contributed by atoms with Crippen LogP contribution < -0.4 is 4.74 Å². The zero-order valence-electron chi connectivity index (χ0n) is 12.3. The van der Waals surface area contributed by atoms with Gasteiger partial charge in [0, 0.05) is 11.8 Å². The van der Waals surface area contributed by atoms with E-state index >= 15 is 0 Å². The molecule has 0 saturated carbocycles. The van der Waals surface area contributed by atoms with Gasteiger partial charge in [0.1, 0.15) is 11.3 Å². The van der Waals surface area contributed by atoms with E-state index in [9.17, 15) is 0 Å². The van der Waals surface area contributed by atoms with Gasteiger partial charge in [-0.25, -0.2) is 4.98 Å². The molecule has 0 aliphatic heterocycles. The summed E-state index contributed by atoms with van der Waals surface area (Å²) in [5, 5.41) is 0. The Morgan fingerprint density at radius 2 is 1.70 bits per heavy atom. The third-order valence-electron chi connectivity index (χ3n) is 3.52. The minimum absolute atomic E-state index is 0.303. The van der Waals surface area contributed by atoms with Gasteiger partial charge in [-0.15, -0.1) is 0 Å². The molecule has 0 radical (unpaired) electrons. The highest BCUT2D eigenvalue weighted by atomic mass is 16.5. The van der Waals surface area contributed by atoms with Gasteiger partial charge in [-0.2, -0.15) is 0 Å². The highest BCUT2D eigenvalue weighted by molar-refractivity contribution is 5.72. The summed E-state index contributed by atoms with van der Waals surface area (Å²) in [5.74, 6) is 1.34. The molecule has 0 unspecified atom stereocenters. The van der Waals surface area contributed by atoms with Crippen molar-refractivity contribution in [3.05, 3.63) is 78.8 Å². The molecule has 4 aromatic rings. The lowest BCUT2D eigenvalue weighted by Crippen LogP contribution is -1.95. The predicted molar refractivity (Wildman–Crippen MR) is 88.0 cm³/mol. The van der Waals surface area contributed by atoms with Crippen molar-refractivity contribution >= 4 is 11.1 Å². The number of hydrogen-bond donors (Lipinski definition) is 0. The van der Waals surface area contributed by atoms with E-state index in [1.54, 1.807) is 6.20 Å². The molecule has 0 spiro atoms. The molecule has 2 aromatic carbocycles. The number of para-hydroxylation sites is 2. The zero-order chi connectivity index (χ0) is 15.5. The van der Waals surface area contributed by atoms with Crippen molar-refractivity contribution < 1.29 is 9.15 Å². The van der Waals surface area contributed by atoms with Crippen molar-refractivity contribution in [3.8, 4) is 17.0 Å². The van der Waals surface area contributed by atoms with Crippen molar-refractivity contribution in [2.45, 2.75) is 6.61 Å². The fourth-order valence-electron chi connectivity index (χ4n) is 2.38. The zero-order valence-corrected chi connectivity index (χ0v) is 12.3. The lowest BCUT2D eigenvalue weighted by atomic mass is 10.1. The van der Waals surface area contributed by atoms with E-state index in [1.165, 1.54) is 0 Å². The Labute approximate surface area is 133 Å². The minimum Gasteiger partial charge on any atom is -0.484 e. The first-order valence-electron chi connectivity index (χ1n) is 7.37. The first kappa shape index (κ1) is 13.5. The molecule has 2 aromatic heterocycles. The Balaban J connectivity index is 1.47. The van der Waals surface area contributed by atoms with Crippen LogP contribution in [0.2, 0.25) is 0 Å². The lowest BCUT2D eigenvalue weighted by Gasteiger charge is -2.05. The van der Waals surface area contributed by atoms with Gasteiger partial charge in [-0.05, 0) is 48.5 Å². The molecule has 4 rings (SSSR count). The Bertz CT molecular complexity index is 882. The second-order valence-corrected chi connectivity index (χ2v) is 5.10. The van der Waals surface area contributed by atoms with Gasteiger partial charge < -0.3 is 9.15 Å². The first-order valence-corrected chi connectivity index (χ1v) is 7.37.